The minimum atomic E-state index is -0.402. The molecule has 0 saturated carbocycles. The van der Waals surface area contributed by atoms with Crippen molar-refractivity contribution in [2.45, 2.75) is 19.4 Å². The van der Waals surface area contributed by atoms with Gasteiger partial charge in [-0.1, -0.05) is 15.9 Å². The predicted molar refractivity (Wildman–Crippen MR) is 67.6 cm³/mol. The topological polar surface area (TPSA) is 81.2 Å². The van der Waals surface area contributed by atoms with E-state index in [2.05, 4.69) is 21.2 Å². The highest BCUT2D eigenvalue weighted by Gasteiger charge is 2.13. The summed E-state index contributed by atoms with van der Waals surface area (Å²) in [7, 11) is 0. The molecule has 1 aromatic rings. The molecule has 3 N–H and O–H groups in total. The highest BCUT2D eigenvalue weighted by atomic mass is 79.9. The first-order chi connectivity index (χ1) is 7.50. The first kappa shape index (κ1) is 12.9. The van der Waals surface area contributed by atoms with Gasteiger partial charge in [0.25, 0.3) is 5.69 Å². The molecule has 5 nitrogen and oxygen atoms in total. The number of anilines is 1. The average Bonchev–Trinajstić information content (AvgIpc) is 2.16. The molecule has 0 aliphatic carbocycles. The van der Waals surface area contributed by atoms with Gasteiger partial charge in [-0.15, -0.1) is 0 Å². The molecule has 1 rings (SSSR count). The van der Waals surface area contributed by atoms with E-state index < -0.39 is 4.92 Å². The fourth-order valence-corrected chi connectivity index (χ4v) is 1.60. The van der Waals surface area contributed by atoms with Crippen molar-refractivity contribution in [2.24, 2.45) is 5.73 Å². The largest absolute Gasteiger partial charge is 0.379 e. The highest BCUT2D eigenvalue weighted by molar-refractivity contribution is 9.10. The van der Waals surface area contributed by atoms with E-state index >= 15 is 0 Å². The van der Waals surface area contributed by atoms with Crippen LogP contribution in [0.3, 0.4) is 0 Å². The van der Waals surface area contributed by atoms with Crippen LogP contribution in [0.25, 0.3) is 0 Å². The Morgan fingerprint density at radius 2 is 2.31 bits per heavy atom. The Bertz CT molecular complexity index is 382. The molecule has 0 bridgehead atoms. The van der Waals surface area contributed by atoms with Crippen LogP contribution in [0.2, 0.25) is 0 Å². The van der Waals surface area contributed by atoms with Crippen molar-refractivity contribution in [3.05, 3.63) is 32.8 Å². The number of nitrogens with two attached hydrogens (primary N) is 1. The molecule has 88 valence electrons. The van der Waals surface area contributed by atoms with Gasteiger partial charge in [-0.3, -0.25) is 10.1 Å². The van der Waals surface area contributed by atoms with Crippen LogP contribution >= 0.6 is 15.9 Å². The van der Waals surface area contributed by atoms with Gasteiger partial charge >= 0.3 is 0 Å². The lowest BCUT2D eigenvalue weighted by Gasteiger charge is -2.09. The minimum absolute atomic E-state index is 0.0767. The predicted octanol–water partition coefficient (Wildman–Crippen LogP) is 2.51. The lowest BCUT2D eigenvalue weighted by atomic mass is 10.2. The van der Waals surface area contributed by atoms with E-state index in [0.29, 0.717) is 12.2 Å². The summed E-state index contributed by atoms with van der Waals surface area (Å²) >= 11 is 3.28. The number of rotatable bonds is 5. The third-order valence-corrected chi connectivity index (χ3v) is 2.56. The number of halogens is 1. The second kappa shape index (κ2) is 5.81. The lowest BCUT2D eigenvalue weighted by Crippen LogP contribution is -2.19. The molecule has 0 radical (unpaired) electrons. The summed E-state index contributed by atoms with van der Waals surface area (Å²) in [6, 6.07) is 4.89. The summed E-state index contributed by atoms with van der Waals surface area (Å²) in [4.78, 5) is 10.4. The smallest absolute Gasteiger partial charge is 0.292 e. The number of nitrogens with one attached hydrogen (secondary N) is 1. The monoisotopic (exact) mass is 287 g/mol. The van der Waals surface area contributed by atoms with Gasteiger partial charge < -0.3 is 11.1 Å². The number of benzene rings is 1. The summed E-state index contributed by atoms with van der Waals surface area (Å²) < 4.78 is 0.807. The third-order valence-electron chi connectivity index (χ3n) is 2.07. The molecule has 0 fully saturated rings. The van der Waals surface area contributed by atoms with Crippen molar-refractivity contribution in [3.8, 4) is 0 Å². The van der Waals surface area contributed by atoms with Crippen LogP contribution in [0.4, 0.5) is 11.4 Å². The first-order valence-corrected chi connectivity index (χ1v) is 5.73. The zero-order chi connectivity index (χ0) is 12.1. The van der Waals surface area contributed by atoms with Gasteiger partial charge in [0.2, 0.25) is 0 Å². The number of hydrogen-bond acceptors (Lipinski definition) is 4. The van der Waals surface area contributed by atoms with Crippen molar-refractivity contribution in [2.75, 3.05) is 11.9 Å². The van der Waals surface area contributed by atoms with Gasteiger partial charge in [0, 0.05) is 23.1 Å². The third kappa shape index (κ3) is 3.79. The second-order valence-electron chi connectivity index (χ2n) is 3.61. The molecule has 1 aromatic carbocycles. The maximum atomic E-state index is 10.8. The Hall–Kier alpha value is -1.14. The number of hydrogen-bond donors (Lipinski definition) is 2. The Kier molecular flexibility index (Phi) is 4.70. The average molecular weight is 288 g/mol. The molecule has 1 atom stereocenters. The quantitative estimate of drug-likeness (QED) is 0.644. The standard InChI is InChI=1S/C10H14BrN3O2/c1-7(12)4-5-13-9-6-8(11)2-3-10(9)14(15)16/h2-3,6-7,13H,4-5,12H2,1H3. The molecule has 16 heavy (non-hydrogen) atoms. The molecule has 6 heteroatoms. The molecule has 1 unspecified atom stereocenters. The van der Waals surface area contributed by atoms with Crippen LogP contribution in [-0.2, 0) is 0 Å². The van der Waals surface area contributed by atoms with E-state index in [0.717, 1.165) is 10.9 Å². The van der Waals surface area contributed by atoms with E-state index in [9.17, 15) is 10.1 Å². The number of nitrogens with zero attached hydrogens (tertiary/aromatic N) is 1. The van der Waals surface area contributed by atoms with Crippen LogP contribution in [-0.4, -0.2) is 17.5 Å². The first-order valence-electron chi connectivity index (χ1n) is 4.94. The zero-order valence-electron chi connectivity index (χ0n) is 8.94. The maximum Gasteiger partial charge on any atom is 0.292 e. The molecular weight excluding hydrogens is 274 g/mol. The van der Waals surface area contributed by atoms with E-state index in [1.54, 1.807) is 12.1 Å². The SMILES string of the molecule is CC(N)CCNc1cc(Br)ccc1[N+](=O)[O-]. The lowest BCUT2D eigenvalue weighted by molar-refractivity contribution is -0.384. The van der Waals surface area contributed by atoms with Crippen LogP contribution in [0.1, 0.15) is 13.3 Å². The highest BCUT2D eigenvalue weighted by Crippen LogP contribution is 2.27. The molecule has 0 amide bonds. The van der Waals surface area contributed by atoms with Gasteiger partial charge in [-0.2, -0.15) is 0 Å². The minimum Gasteiger partial charge on any atom is -0.379 e. The van der Waals surface area contributed by atoms with Crippen molar-refractivity contribution < 1.29 is 4.92 Å². The van der Waals surface area contributed by atoms with E-state index in [1.165, 1.54) is 6.07 Å². The normalized spacial score (nSPS) is 12.2. The van der Waals surface area contributed by atoms with E-state index in [-0.39, 0.29) is 11.7 Å². The van der Waals surface area contributed by atoms with Crippen LogP contribution in [0.15, 0.2) is 22.7 Å². The van der Waals surface area contributed by atoms with Crippen LogP contribution < -0.4 is 11.1 Å². The van der Waals surface area contributed by atoms with Gasteiger partial charge in [0.05, 0.1) is 4.92 Å². The Balaban J connectivity index is 2.76. The van der Waals surface area contributed by atoms with Gasteiger partial charge in [-0.05, 0) is 25.5 Å². The fraction of sp³-hybridized carbons (Fsp3) is 0.400. The number of nitro groups is 1. The summed E-state index contributed by atoms with van der Waals surface area (Å²) in [6.45, 7) is 2.52. The van der Waals surface area contributed by atoms with Crippen molar-refractivity contribution >= 4 is 27.3 Å². The molecule has 0 aliphatic rings. The van der Waals surface area contributed by atoms with Crippen molar-refractivity contribution in [1.82, 2.24) is 0 Å². The summed E-state index contributed by atoms with van der Waals surface area (Å²) in [5.74, 6) is 0. The van der Waals surface area contributed by atoms with E-state index in [1.807, 2.05) is 6.92 Å². The van der Waals surface area contributed by atoms with Gasteiger partial charge in [0.15, 0.2) is 0 Å². The Morgan fingerprint density at radius 3 is 2.88 bits per heavy atom. The Morgan fingerprint density at radius 1 is 1.62 bits per heavy atom. The molecule has 0 heterocycles. The summed E-state index contributed by atoms with van der Waals surface area (Å²) in [6.07, 6.45) is 0.768. The molecule has 0 saturated heterocycles. The van der Waals surface area contributed by atoms with Crippen LogP contribution in [0.5, 0.6) is 0 Å². The zero-order valence-corrected chi connectivity index (χ0v) is 10.5. The van der Waals surface area contributed by atoms with E-state index in [4.69, 9.17) is 5.73 Å². The van der Waals surface area contributed by atoms with Gasteiger partial charge in [-0.25, -0.2) is 0 Å². The van der Waals surface area contributed by atoms with Crippen LogP contribution in [0, 0.1) is 10.1 Å². The number of nitro benzene ring substituents is 1. The molecule has 0 aromatic heterocycles. The second-order valence-corrected chi connectivity index (χ2v) is 4.53. The summed E-state index contributed by atoms with van der Waals surface area (Å²) in [5, 5.41) is 13.8. The molecular formula is C10H14BrN3O2. The summed E-state index contributed by atoms with van der Waals surface area (Å²) in [5.41, 5.74) is 6.19. The van der Waals surface area contributed by atoms with Crippen molar-refractivity contribution in [1.29, 1.82) is 0 Å². The van der Waals surface area contributed by atoms with Crippen molar-refractivity contribution in [3.63, 3.8) is 0 Å². The Labute approximate surface area is 102 Å². The maximum absolute atomic E-state index is 10.8. The fourth-order valence-electron chi connectivity index (χ4n) is 1.24. The molecule has 0 spiro atoms. The van der Waals surface area contributed by atoms with Gasteiger partial charge in [0.1, 0.15) is 5.69 Å². The molecule has 0 aliphatic heterocycles.